The summed E-state index contributed by atoms with van der Waals surface area (Å²) < 4.78 is 0. The number of hydrogen-bond acceptors (Lipinski definition) is 9. The smallest absolute Gasteiger partial charge is 0.183 e. The Balaban J connectivity index is 0.000000212. The molecular weight excluding hydrogens is 282 g/mol. The number of imidazole rings is 1. The molecule has 0 bridgehead atoms. The van der Waals surface area contributed by atoms with Crippen molar-refractivity contribution in [3.05, 3.63) is 12.2 Å². The Bertz CT molecular complexity index is 589. The SMILES string of the molecule is Cc1nc(N)c2[nH]cnc2n1.O=CC(O)C(O)C(O)CO. The lowest BCUT2D eigenvalue weighted by molar-refractivity contribution is -0.127. The van der Waals surface area contributed by atoms with E-state index in [4.69, 9.17) is 26.2 Å². The van der Waals surface area contributed by atoms with Gasteiger partial charge in [0.15, 0.2) is 17.8 Å². The Labute approximate surface area is 119 Å². The molecule has 0 saturated heterocycles. The maximum atomic E-state index is 9.76. The summed E-state index contributed by atoms with van der Waals surface area (Å²) in [5.74, 6) is 1.09. The van der Waals surface area contributed by atoms with Crippen LogP contribution in [0.2, 0.25) is 0 Å². The first kappa shape index (κ1) is 16.9. The summed E-state index contributed by atoms with van der Waals surface area (Å²) in [6.07, 6.45) is -3.08. The Hall–Kier alpha value is -2.14. The lowest BCUT2D eigenvalue weighted by Crippen LogP contribution is -2.40. The van der Waals surface area contributed by atoms with Gasteiger partial charge in [-0.1, -0.05) is 0 Å². The Morgan fingerprint density at radius 1 is 1.38 bits per heavy atom. The van der Waals surface area contributed by atoms with Crippen LogP contribution in [0.5, 0.6) is 0 Å². The van der Waals surface area contributed by atoms with Crippen molar-refractivity contribution in [2.45, 2.75) is 25.2 Å². The van der Waals surface area contributed by atoms with E-state index in [0.717, 1.165) is 0 Å². The highest BCUT2D eigenvalue weighted by molar-refractivity contribution is 5.80. The predicted octanol–water partition coefficient (Wildman–Crippen LogP) is -2.50. The number of nitrogens with zero attached hydrogens (tertiary/aromatic N) is 3. The number of aryl methyl sites for hydroxylation is 1. The minimum atomic E-state index is -1.64. The zero-order chi connectivity index (χ0) is 16.0. The molecule has 0 fully saturated rings. The Morgan fingerprint density at radius 3 is 2.62 bits per heavy atom. The average molecular weight is 299 g/mol. The number of carbonyl (C=O) groups is 1. The number of aliphatic hydroxyl groups is 4. The lowest BCUT2D eigenvalue weighted by atomic mass is 10.1. The first-order valence-corrected chi connectivity index (χ1v) is 5.94. The standard InChI is InChI=1S/C6H7N5.C5H10O5/c1-3-10-5(7)4-6(11-3)9-2-8-4;6-1-3(8)5(10)4(9)2-7/h2H,1H3,(H3,7,8,9,10,11);1,3-5,7-10H,2H2. The first-order valence-electron chi connectivity index (χ1n) is 5.94. The van der Waals surface area contributed by atoms with E-state index < -0.39 is 24.9 Å². The molecule has 3 unspecified atom stereocenters. The number of fused-ring (bicyclic) bond motifs is 1. The fraction of sp³-hybridized carbons (Fsp3) is 0.455. The molecule has 0 radical (unpaired) electrons. The normalized spacial score (nSPS) is 14.9. The van der Waals surface area contributed by atoms with E-state index in [1.54, 1.807) is 13.3 Å². The van der Waals surface area contributed by atoms with Crippen molar-refractivity contribution in [3.8, 4) is 0 Å². The van der Waals surface area contributed by atoms with Crippen molar-refractivity contribution >= 4 is 23.3 Å². The van der Waals surface area contributed by atoms with Gasteiger partial charge in [0.05, 0.1) is 12.9 Å². The van der Waals surface area contributed by atoms with Crippen LogP contribution in [0.15, 0.2) is 6.33 Å². The molecule has 0 aromatic carbocycles. The summed E-state index contributed by atoms with van der Waals surface area (Å²) in [6.45, 7) is 1.09. The van der Waals surface area contributed by atoms with E-state index in [9.17, 15) is 4.79 Å². The molecule has 0 aliphatic carbocycles. The molecule has 2 aromatic heterocycles. The molecule has 21 heavy (non-hydrogen) atoms. The maximum Gasteiger partial charge on any atom is 0.183 e. The van der Waals surface area contributed by atoms with Gasteiger partial charge >= 0.3 is 0 Å². The zero-order valence-electron chi connectivity index (χ0n) is 11.2. The molecular formula is C11H17N5O5. The number of nitrogens with one attached hydrogen (secondary N) is 1. The maximum absolute atomic E-state index is 9.76. The van der Waals surface area contributed by atoms with Crippen molar-refractivity contribution in [3.63, 3.8) is 0 Å². The number of aldehydes is 1. The van der Waals surface area contributed by atoms with Crippen molar-refractivity contribution in [2.75, 3.05) is 12.3 Å². The number of aliphatic hydroxyl groups excluding tert-OH is 4. The number of nitrogen functional groups attached to an aromatic ring is 1. The quantitative estimate of drug-likeness (QED) is 0.333. The van der Waals surface area contributed by atoms with E-state index in [2.05, 4.69) is 19.9 Å². The second-order valence-electron chi connectivity index (χ2n) is 4.12. The van der Waals surface area contributed by atoms with Crippen molar-refractivity contribution in [1.82, 2.24) is 19.9 Å². The number of anilines is 1. The molecule has 2 rings (SSSR count). The van der Waals surface area contributed by atoms with Crippen LogP contribution in [0.1, 0.15) is 5.82 Å². The van der Waals surface area contributed by atoms with Crippen LogP contribution in [-0.4, -0.2) is 71.6 Å². The van der Waals surface area contributed by atoms with Crippen molar-refractivity contribution in [1.29, 1.82) is 0 Å². The Kier molecular flexibility index (Phi) is 6.11. The summed E-state index contributed by atoms with van der Waals surface area (Å²) in [5.41, 5.74) is 6.90. The summed E-state index contributed by atoms with van der Waals surface area (Å²) >= 11 is 0. The third-order valence-electron chi connectivity index (χ3n) is 2.50. The number of carbonyl (C=O) groups excluding carboxylic acids is 1. The number of nitrogens with two attached hydrogens (primary N) is 1. The van der Waals surface area contributed by atoms with Gasteiger partial charge in [-0.2, -0.15) is 0 Å². The highest BCUT2D eigenvalue weighted by atomic mass is 16.4. The highest BCUT2D eigenvalue weighted by Crippen LogP contribution is 2.11. The number of aromatic amines is 1. The summed E-state index contributed by atoms with van der Waals surface area (Å²) in [5, 5.41) is 34.1. The first-order chi connectivity index (χ1) is 9.90. The van der Waals surface area contributed by atoms with Gasteiger partial charge in [-0.3, -0.25) is 0 Å². The van der Waals surface area contributed by atoms with Gasteiger partial charge in [0, 0.05) is 0 Å². The molecule has 2 heterocycles. The predicted molar refractivity (Wildman–Crippen MR) is 72.0 cm³/mol. The zero-order valence-corrected chi connectivity index (χ0v) is 11.2. The topological polar surface area (TPSA) is 178 Å². The third-order valence-corrected chi connectivity index (χ3v) is 2.50. The van der Waals surface area contributed by atoms with E-state index in [-0.39, 0.29) is 6.29 Å². The van der Waals surface area contributed by atoms with Gasteiger partial charge in [-0.25, -0.2) is 15.0 Å². The monoisotopic (exact) mass is 299 g/mol. The molecule has 0 aliphatic heterocycles. The van der Waals surface area contributed by atoms with Crippen LogP contribution in [0.3, 0.4) is 0 Å². The second kappa shape index (κ2) is 7.59. The number of rotatable bonds is 4. The fourth-order valence-electron chi connectivity index (χ4n) is 1.38. The van der Waals surface area contributed by atoms with Gasteiger partial charge in [-0.05, 0) is 6.92 Å². The molecule has 116 valence electrons. The van der Waals surface area contributed by atoms with E-state index in [1.807, 2.05) is 0 Å². The molecule has 3 atom stereocenters. The minimum absolute atomic E-state index is 0.0869. The second-order valence-corrected chi connectivity index (χ2v) is 4.12. The fourth-order valence-corrected chi connectivity index (χ4v) is 1.38. The van der Waals surface area contributed by atoms with Crippen LogP contribution in [-0.2, 0) is 4.79 Å². The molecule has 0 aliphatic rings. The minimum Gasteiger partial charge on any atom is -0.394 e. The van der Waals surface area contributed by atoms with Crippen LogP contribution >= 0.6 is 0 Å². The van der Waals surface area contributed by atoms with Gasteiger partial charge < -0.3 is 35.9 Å². The molecule has 0 saturated carbocycles. The van der Waals surface area contributed by atoms with Crippen LogP contribution in [0, 0.1) is 6.92 Å². The van der Waals surface area contributed by atoms with Crippen molar-refractivity contribution < 1.29 is 25.2 Å². The molecule has 0 amide bonds. The van der Waals surface area contributed by atoms with E-state index in [1.165, 1.54) is 0 Å². The van der Waals surface area contributed by atoms with Crippen molar-refractivity contribution in [2.24, 2.45) is 0 Å². The molecule has 7 N–H and O–H groups in total. The number of hydrogen-bond donors (Lipinski definition) is 6. The third kappa shape index (κ3) is 4.43. The summed E-state index contributed by atoms with van der Waals surface area (Å²) in [6, 6.07) is 0. The van der Waals surface area contributed by atoms with Gasteiger partial charge in [0.2, 0.25) is 0 Å². The van der Waals surface area contributed by atoms with E-state index in [0.29, 0.717) is 22.8 Å². The summed E-state index contributed by atoms with van der Waals surface area (Å²) in [7, 11) is 0. The molecule has 0 spiro atoms. The largest absolute Gasteiger partial charge is 0.394 e. The summed E-state index contributed by atoms with van der Waals surface area (Å²) in [4.78, 5) is 24.6. The van der Waals surface area contributed by atoms with Crippen LogP contribution < -0.4 is 5.73 Å². The molecule has 10 heteroatoms. The lowest BCUT2D eigenvalue weighted by Gasteiger charge is -2.16. The molecule has 2 aromatic rings. The van der Waals surface area contributed by atoms with Gasteiger partial charge in [-0.15, -0.1) is 0 Å². The molecule has 10 nitrogen and oxygen atoms in total. The average Bonchev–Trinajstić information content (AvgIpc) is 2.94. The van der Waals surface area contributed by atoms with Gasteiger partial charge in [0.25, 0.3) is 0 Å². The van der Waals surface area contributed by atoms with Gasteiger partial charge in [0.1, 0.15) is 29.7 Å². The van der Waals surface area contributed by atoms with Crippen LogP contribution in [0.4, 0.5) is 5.82 Å². The van der Waals surface area contributed by atoms with Crippen LogP contribution in [0.25, 0.3) is 11.2 Å². The van der Waals surface area contributed by atoms with E-state index >= 15 is 0 Å². The number of H-pyrrole nitrogens is 1. The highest BCUT2D eigenvalue weighted by Gasteiger charge is 2.22. The number of aromatic nitrogens is 4. The Morgan fingerprint density at radius 2 is 2.05 bits per heavy atom.